The Balaban J connectivity index is 0.00000242. The molecule has 0 atom stereocenters. The van der Waals surface area contributed by atoms with Crippen LogP contribution >= 0.6 is 12.4 Å². The summed E-state index contributed by atoms with van der Waals surface area (Å²) in [5.41, 5.74) is 6.62. The van der Waals surface area contributed by atoms with Crippen molar-refractivity contribution in [3.05, 3.63) is 24.3 Å². The Kier molecular flexibility index (Phi) is 7.70. The van der Waals surface area contributed by atoms with Crippen molar-refractivity contribution < 1.29 is 9.59 Å². The zero-order valence-electron chi connectivity index (χ0n) is 12.5. The van der Waals surface area contributed by atoms with Gasteiger partial charge in [0.2, 0.25) is 5.91 Å². The molecule has 1 aliphatic heterocycles. The lowest BCUT2D eigenvalue weighted by atomic mass is 10.2. The molecule has 2 rings (SSSR count). The van der Waals surface area contributed by atoms with Gasteiger partial charge in [-0.15, -0.1) is 12.4 Å². The SMILES string of the molecule is Cl.NCC(=O)Nc1ccc(NC(=O)N2CCCCCC2)cc1. The number of benzene rings is 1. The molecule has 0 unspecified atom stereocenters. The number of carbonyl (C=O) groups is 2. The van der Waals surface area contributed by atoms with E-state index in [-0.39, 0.29) is 30.9 Å². The van der Waals surface area contributed by atoms with Gasteiger partial charge in [0.05, 0.1) is 6.54 Å². The van der Waals surface area contributed by atoms with Gasteiger partial charge in [-0.05, 0) is 37.1 Å². The zero-order chi connectivity index (χ0) is 15.1. The highest BCUT2D eigenvalue weighted by molar-refractivity contribution is 5.93. The van der Waals surface area contributed by atoms with E-state index >= 15 is 0 Å². The quantitative estimate of drug-likeness (QED) is 0.797. The van der Waals surface area contributed by atoms with E-state index < -0.39 is 0 Å². The second-order valence-corrected chi connectivity index (χ2v) is 5.16. The molecule has 4 N–H and O–H groups in total. The van der Waals surface area contributed by atoms with E-state index in [0.29, 0.717) is 5.69 Å². The smallest absolute Gasteiger partial charge is 0.321 e. The maximum Gasteiger partial charge on any atom is 0.321 e. The molecule has 0 spiro atoms. The summed E-state index contributed by atoms with van der Waals surface area (Å²) in [6.45, 7) is 1.58. The van der Waals surface area contributed by atoms with E-state index in [4.69, 9.17) is 5.73 Å². The zero-order valence-corrected chi connectivity index (χ0v) is 13.3. The first-order valence-electron chi connectivity index (χ1n) is 7.35. The first-order valence-corrected chi connectivity index (χ1v) is 7.35. The van der Waals surface area contributed by atoms with Gasteiger partial charge >= 0.3 is 6.03 Å². The number of nitrogens with one attached hydrogen (secondary N) is 2. The van der Waals surface area contributed by atoms with Crippen molar-refractivity contribution in [1.29, 1.82) is 0 Å². The number of hydrogen-bond donors (Lipinski definition) is 3. The average molecular weight is 327 g/mol. The van der Waals surface area contributed by atoms with Gasteiger partial charge in [-0.2, -0.15) is 0 Å². The summed E-state index contributed by atoms with van der Waals surface area (Å²) < 4.78 is 0. The number of halogens is 1. The predicted octanol–water partition coefficient (Wildman–Crippen LogP) is 2.41. The van der Waals surface area contributed by atoms with Gasteiger partial charge in [-0.25, -0.2) is 4.79 Å². The molecule has 1 saturated heterocycles. The first kappa shape index (κ1) is 18.3. The third-order valence-corrected chi connectivity index (χ3v) is 3.50. The molecule has 3 amide bonds. The summed E-state index contributed by atoms with van der Waals surface area (Å²) in [7, 11) is 0. The second-order valence-electron chi connectivity index (χ2n) is 5.16. The fourth-order valence-electron chi connectivity index (χ4n) is 2.33. The van der Waals surface area contributed by atoms with Crippen molar-refractivity contribution in [2.45, 2.75) is 25.7 Å². The van der Waals surface area contributed by atoms with Crippen LogP contribution in [0.5, 0.6) is 0 Å². The molecule has 1 aromatic carbocycles. The third kappa shape index (κ3) is 5.54. The number of amides is 3. The second kappa shape index (κ2) is 9.27. The van der Waals surface area contributed by atoms with Gasteiger partial charge in [0.25, 0.3) is 0 Å². The Morgan fingerprint density at radius 3 is 1.95 bits per heavy atom. The molecule has 0 aromatic heterocycles. The largest absolute Gasteiger partial charge is 0.325 e. The van der Waals surface area contributed by atoms with Gasteiger partial charge < -0.3 is 21.3 Å². The van der Waals surface area contributed by atoms with Crippen molar-refractivity contribution in [3.63, 3.8) is 0 Å². The van der Waals surface area contributed by atoms with E-state index in [1.807, 2.05) is 4.90 Å². The summed E-state index contributed by atoms with van der Waals surface area (Å²) in [6, 6.07) is 6.96. The summed E-state index contributed by atoms with van der Waals surface area (Å²) in [5, 5.41) is 5.54. The van der Waals surface area contributed by atoms with Crippen LogP contribution < -0.4 is 16.4 Å². The molecule has 1 heterocycles. The van der Waals surface area contributed by atoms with Crippen LogP contribution in [0.1, 0.15) is 25.7 Å². The molecule has 1 aliphatic rings. The minimum Gasteiger partial charge on any atom is -0.325 e. The van der Waals surface area contributed by atoms with E-state index in [1.165, 1.54) is 12.8 Å². The molecule has 122 valence electrons. The van der Waals surface area contributed by atoms with Gasteiger partial charge in [0.15, 0.2) is 0 Å². The lowest BCUT2D eigenvalue weighted by molar-refractivity contribution is -0.114. The standard InChI is InChI=1S/C15H22N4O2.ClH/c16-11-14(20)17-12-5-7-13(8-6-12)18-15(21)19-9-3-1-2-4-10-19;/h5-8H,1-4,9-11,16H2,(H,17,20)(H,18,21);1H. The van der Waals surface area contributed by atoms with Crippen LogP contribution in [0.2, 0.25) is 0 Å². The Morgan fingerprint density at radius 2 is 1.45 bits per heavy atom. The summed E-state index contributed by atoms with van der Waals surface area (Å²) in [4.78, 5) is 25.2. The van der Waals surface area contributed by atoms with Crippen LogP contribution in [0.25, 0.3) is 0 Å². The molecular weight excluding hydrogens is 304 g/mol. The number of nitrogens with zero attached hydrogens (tertiary/aromatic N) is 1. The number of nitrogens with two attached hydrogens (primary N) is 1. The van der Waals surface area contributed by atoms with Crippen molar-refractivity contribution in [2.24, 2.45) is 5.73 Å². The van der Waals surface area contributed by atoms with Crippen LogP contribution in [0, 0.1) is 0 Å². The lowest BCUT2D eigenvalue weighted by Crippen LogP contribution is -2.35. The highest BCUT2D eigenvalue weighted by Crippen LogP contribution is 2.15. The van der Waals surface area contributed by atoms with E-state index in [2.05, 4.69) is 10.6 Å². The van der Waals surface area contributed by atoms with Crippen LogP contribution in [0.4, 0.5) is 16.2 Å². The number of likely N-dealkylation sites (tertiary alicyclic amines) is 1. The number of carbonyl (C=O) groups excluding carboxylic acids is 2. The molecule has 22 heavy (non-hydrogen) atoms. The molecule has 0 radical (unpaired) electrons. The summed E-state index contributed by atoms with van der Waals surface area (Å²) in [6.07, 6.45) is 4.52. The summed E-state index contributed by atoms with van der Waals surface area (Å²) in [5.74, 6) is -0.239. The van der Waals surface area contributed by atoms with Crippen molar-refractivity contribution in [3.8, 4) is 0 Å². The highest BCUT2D eigenvalue weighted by atomic mass is 35.5. The topological polar surface area (TPSA) is 87.5 Å². The Bertz CT molecular complexity index is 485. The number of urea groups is 1. The first-order chi connectivity index (χ1) is 10.2. The molecule has 6 nitrogen and oxygen atoms in total. The number of rotatable bonds is 3. The Labute approximate surface area is 136 Å². The maximum absolute atomic E-state index is 12.2. The predicted molar refractivity (Wildman–Crippen MR) is 90.4 cm³/mol. The van der Waals surface area contributed by atoms with Gasteiger partial charge in [0.1, 0.15) is 0 Å². The number of hydrogen-bond acceptors (Lipinski definition) is 3. The van der Waals surface area contributed by atoms with E-state index in [0.717, 1.165) is 31.6 Å². The molecule has 0 bridgehead atoms. The van der Waals surface area contributed by atoms with Crippen molar-refractivity contribution >= 4 is 35.7 Å². The molecule has 1 aromatic rings. The Morgan fingerprint density at radius 1 is 0.955 bits per heavy atom. The lowest BCUT2D eigenvalue weighted by Gasteiger charge is -2.20. The van der Waals surface area contributed by atoms with Crippen molar-refractivity contribution in [1.82, 2.24) is 4.90 Å². The van der Waals surface area contributed by atoms with Crippen LogP contribution in [-0.4, -0.2) is 36.5 Å². The van der Waals surface area contributed by atoms with Gasteiger partial charge in [-0.1, -0.05) is 12.8 Å². The van der Waals surface area contributed by atoms with Crippen LogP contribution in [0.3, 0.4) is 0 Å². The number of anilines is 2. The van der Waals surface area contributed by atoms with Gasteiger partial charge in [0, 0.05) is 24.5 Å². The highest BCUT2D eigenvalue weighted by Gasteiger charge is 2.15. The normalized spacial score (nSPS) is 14.5. The van der Waals surface area contributed by atoms with Crippen molar-refractivity contribution in [2.75, 3.05) is 30.3 Å². The van der Waals surface area contributed by atoms with E-state index in [1.54, 1.807) is 24.3 Å². The maximum atomic E-state index is 12.2. The van der Waals surface area contributed by atoms with Crippen LogP contribution in [-0.2, 0) is 4.79 Å². The van der Waals surface area contributed by atoms with Gasteiger partial charge in [-0.3, -0.25) is 4.79 Å². The Hall–Kier alpha value is -1.79. The minimum absolute atomic E-state index is 0. The molecule has 0 aliphatic carbocycles. The van der Waals surface area contributed by atoms with E-state index in [9.17, 15) is 9.59 Å². The minimum atomic E-state index is -0.239. The average Bonchev–Trinajstić information content (AvgIpc) is 2.78. The third-order valence-electron chi connectivity index (χ3n) is 3.50. The fraction of sp³-hybridized carbons (Fsp3) is 0.467. The molecule has 1 fully saturated rings. The fourth-order valence-corrected chi connectivity index (χ4v) is 2.33. The monoisotopic (exact) mass is 326 g/mol. The molecule has 7 heteroatoms. The molecular formula is C15H23ClN4O2. The summed E-state index contributed by atoms with van der Waals surface area (Å²) >= 11 is 0. The van der Waals surface area contributed by atoms with Crippen LogP contribution in [0.15, 0.2) is 24.3 Å². The molecule has 0 saturated carbocycles.